The second kappa shape index (κ2) is 5.88. The van der Waals surface area contributed by atoms with Crippen molar-refractivity contribution < 1.29 is 22.5 Å². The van der Waals surface area contributed by atoms with Crippen LogP contribution in [0.2, 0.25) is 0 Å². The highest BCUT2D eigenvalue weighted by Crippen LogP contribution is 2.29. The lowest BCUT2D eigenvalue weighted by Crippen LogP contribution is -2.17. The van der Waals surface area contributed by atoms with Crippen LogP contribution in [0.5, 0.6) is 5.75 Å². The van der Waals surface area contributed by atoms with Gasteiger partial charge in [-0.1, -0.05) is 30.3 Å². The van der Waals surface area contributed by atoms with Crippen LogP contribution in [0.4, 0.5) is 0 Å². The van der Waals surface area contributed by atoms with E-state index in [0.717, 1.165) is 0 Å². The maximum atomic E-state index is 11.3. The molecule has 0 atom stereocenters. The molecule has 6 nitrogen and oxygen atoms in total. The maximum Gasteiger partial charge on any atom is 0.438 e. The minimum atomic E-state index is -4.66. The predicted molar refractivity (Wildman–Crippen MR) is 77.7 cm³/mol. The van der Waals surface area contributed by atoms with Crippen LogP contribution in [-0.4, -0.2) is 29.9 Å². The molecule has 7 heteroatoms. The van der Waals surface area contributed by atoms with E-state index in [0.29, 0.717) is 16.9 Å². The van der Waals surface area contributed by atoms with E-state index in [2.05, 4.69) is 4.79 Å². The molecule has 0 aliphatic rings. The van der Waals surface area contributed by atoms with Crippen LogP contribution < -0.4 is 4.74 Å². The normalized spacial score (nSPS) is 10.8. The van der Waals surface area contributed by atoms with Gasteiger partial charge in [-0.05, 0) is 23.8 Å². The Morgan fingerprint density at radius 2 is 1.86 bits per heavy atom. The van der Waals surface area contributed by atoms with Crippen molar-refractivity contribution in [3.8, 4) is 16.9 Å². The van der Waals surface area contributed by atoms with Crippen molar-refractivity contribution in [2.45, 2.75) is 0 Å². The Bertz CT molecular complexity index is 810. The minimum absolute atomic E-state index is 0.0759. The Kier molecular flexibility index (Phi) is 4.18. The zero-order valence-corrected chi connectivity index (χ0v) is 11.9. The van der Waals surface area contributed by atoms with E-state index >= 15 is 0 Å². The molecule has 0 aromatic heterocycles. The molecule has 0 radical (unpaired) electrons. The maximum absolute atomic E-state index is 11.3. The van der Waals surface area contributed by atoms with E-state index in [4.69, 9.17) is 10.3 Å². The van der Waals surface area contributed by atoms with Gasteiger partial charge in [-0.3, -0.25) is 4.55 Å². The van der Waals surface area contributed by atoms with Crippen LogP contribution in [0.1, 0.15) is 5.56 Å². The summed E-state index contributed by atoms with van der Waals surface area (Å²) in [5, 5.41) is -0.816. The van der Waals surface area contributed by atoms with Crippen LogP contribution in [0.25, 0.3) is 16.7 Å². The van der Waals surface area contributed by atoms with Crippen LogP contribution in [-0.2, 0) is 10.1 Å². The molecule has 108 valence electrons. The van der Waals surface area contributed by atoms with Crippen molar-refractivity contribution in [3.63, 3.8) is 0 Å². The Morgan fingerprint density at radius 1 is 1.19 bits per heavy atom. The van der Waals surface area contributed by atoms with Gasteiger partial charge >= 0.3 is 15.2 Å². The fourth-order valence-electron chi connectivity index (χ4n) is 1.94. The van der Waals surface area contributed by atoms with Gasteiger partial charge < -0.3 is 10.3 Å². The van der Waals surface area contributed by atoms with Crippen molar-refractivity contribution in [2.24, 2.45) is 0 Å². The van der Waals surface area contributed by atoms with Gasteiger partial charge in [0.15, 0.2) is 0 Å². The van der Waals surface area contributed by atoms with Crippen molar-refractivity contribution in [3.05, 3.63) is 59.6 Å². The number of methoxy groups -OCH3 is 1. The van der Waals surface area contributed by atoms with Gasteiger partial charge in [-0.25, -0.2) is 0 Å². The third kappa shape index (κ3) is 3.17. The third-order valence-corrected chi connectivity index (χ3v) is 3.67. The molecule has 0 bridgehead atoms. The standard InChI is InChI=1S/C14H12N2O4S/c1-20-11-7-8-12(14(16-15)21(17,18)19)13(9-11)10-5-3-2-4-6-10/h2-9H,1H3,(H,17,18,19). The Morgan fingerprint density at radius 3 is 2.38 bits per heavy atom. The van der Waals surface area contributed by atoms with Gasteiger partial charge in [0.1, 0.15) is 5.75 Å². The monoisotopic (exact) mass is 304 g/mol. The number of nitrogens with zero attached hydrogens (tertiary/aromatic N) is 2. The van der Waals surface area contributed by atoms with Crippen molar-refractivity contribution in [1.82, 2.24) is 0 Å². The van der Waals surface area contributed by atoms with Crippen molar-refractivity contribution in [1.29, 1.82) is 0 Å². The molecular weight excluding hydrogens is 292 g/mol. The average molecular weight is 304 g/mol. The topological polar surface area (TPSA) is 100 Å². The first-order valence-electron chi connectivity index (χ1n) is 5.90. The van der Waals surface area contributed by atoms with E-state index in [1.807, 2.05) is 6.07 Å². The van der Waals surface area contributed by atoms with Crippen molar-refractivity contribution in [2.75, 3.05) is 7.11 Å². The van der Waals surface area contributed by atoms with Gasteiger partial charge in [0, 0.05) is 5.56 Å². The summed E-state index contributed by atoms with van der Waals surface area (Å²) in [5.74, 6) is 0.505. The molecule has 2 rings (SSSR count). The van der Waals surface area contributed by atoms with Gasteiger partial charge in [0.2, 0.25) is 0 Å². The summed E-state index contributed by atoms with van der Waals surface area (Å²) in [4.78, 5) is 2.71. The summed E-state index contributed by atoms with van der Waals surface area (Å²) >= 11 is 0. The SMILES string of the molecule is COc1ccc(C(=[N+]=[N-])S(=O)(=O)O)c(-c2ccccc2)c1. The minimum Gasteiger partial charge on any atom is -0.497 e. The number of hydrogen-bond acceptors (Lipinski definition) is 3. The Hall–Kier alpha value is -2.47. The van der Waals surface area contributed by atoms with E-state index in [-0.39, 0.29) is 5.56 Å². The summed E-state index contributed by atoms with van der Waals surface area (Å²) in [7, 11) is -3.18. The smallest absolute Gasteiger partial charge is 0.438 e. The molecule has 2 aromatic carbocycles. The molecular formula is C14H12N2O4S. The molecule has 0 fully saturated rings. The lowest BCUT2D eigenvalue weighted by Gasteiger charge is -2.08. The molecule has 1 N–H and O–H groups in total. The van der Waals surface area contributed by atoms with Crippen LogP contribution in [0, 0.1) is 0 Å². The summed E-state index contributed by atoms with van der Waals surface area (Å²) in [6, 6.07) is 13.4. The first-order chi connectivity index (χ1) is 9.97. The summed E-state index contributed by atoms with van der Waals surface area (Å²) < 4.78 is 37.0. The number of hydrogen-bond donors (Lipinski definition) is 1. The van der Waals surface area contributed by atoms with E-state index in [1.54, 1.807) is 30.3 Å². The number of benzene rings is 2. The number of rotatable bonds is 3. The highest BCUT2D eigenvalue weighted by atomic mass is 32.2. The van der Waals surface area contributed by atoms with Crippen LogP contribution in [0.15, 0.2) is 48.5 Å². The fourth-order valence-corrected chi connectivity index (χ4v) is 2.50. The zero-order chi connectivity index (χ0) is 15.5. The first kappa shape index (κ1) is 14.9. The summed E-state index contributed by atoms with van der Waals surface area (Å²) in [6.45, 7) is 0. The van der Waals surface area contributed by atoms with Crippen LogP contribution in [0.3, 0.4) is 0 Å². The second-order valence-corrected chi connectivity index (χ2v) is 5.49. The van der Waals surface area contributed by atoms with E-state index in [9.17, 15) is 13.0 Å². The van der Waals surface area contributed by atoms with Gasteiger partial charge in [0.05, 0.1) is 12.7 Å². The quantitative estimate of drug-likeness (QED) is 0.309. The Labute approximate surface area is 122 Å². The largest absolute Gasteiger partial charge is 0.497 e. The molecule has 0 amide bonds. The van der Waals surface area contributed by atoms with Gasteiger partial charge in [0.25, 0.3) is 0 Å². The summed E-state index contributed by atoms with van der Waals surface area (Å²) in [5.41, 5.74) is 10.2. The molecule has 2 aromatic rings. The molecule has 0 unspecified atom stereocenters. The fraction of sp³-hybridized carbons (Fsp3) is 0.0714. The summed E-state index contributed by atoms with van der Waals surface area (Å²) in [6.07, 6.45) is 0. The first-order valence-corrected chi connectivity index (χ1v) is 7.34. The molecule has 0 saturated heterocycles. The molecule has 0 aliphatic heterocycles. The van der Waals surface area contributed by atoms with Gasteiger partial charge in [-0.2, -0.15) is 13.2 Å². The molecule has 0 aliphatic carbocycles. The lowest BCUT2D eigenvalue weighted by atomic mass is 10.00. The highest BCUT2D eigenvalue weighted by molar-refractivity contribution is 8.01. The zero-order valence-electron chi connectivity index (χ0n) is 11.1. The lowest BCUT2D eigenvalue weighted by molar-refractivity contribution is -0.0000388. The highest BCUT2D eigenvalue weighted by Gasteiger charge is 2.30. The predicted octanol–water partition coefficient (Wildman–Crippen LogP) is 2.23. The number of ether oxygens (including phenoxy) is 1. The van der Waals surface area contributed by atoms with E-state index < -0.39 is 15.2 Å². The molecule has 0 spiro atoms. The average Bonchev–Trinajstić information content (AvgIpc) is 2.47. The van der Waals surface area contributed by atoms with Gasteiger partial charge in [-0.15, -0.1) is 0 Å². The van der Waals surface area contributed by atoms with Crippen molar-refractivity contribution >= 4 is 15.2 Å². The molecule has 21 heavy (non-hydrogen) atoms. The Balaban J connectivity index is 2.76. The van der Waals surface area contributed by atoms with Crippen LogP contribution >= 0.6 is 0 Å². The second-order valence-electron chi connectivity index (χ2n) is 4.16. The molecule has 0 heterocycles. The van der Waals surface area contributed by atoms with E-state index in [1.165, 1.54) is 19.2 Å². The third-order valence-electron chi connectivity index (χ3n) is 2.88. The molecule has 0 saturated carbocycles.